The number of hydrogen-bond acceptors (Lipinski definition) is 4. The molecular weight excluding hydrogens is 396 g/mol. The first-order valence-electron chi connectivity index (χ1n) is 10.0. The van der Waals surface area contributed by atoms with Crippen LogP contribution in [0.25, 0.3) is 0 Å². The lowest BCUT2D eigenvalue weighted by molar-refractivity contribution is 0.0234. The maximum Gasteiger partial charge on any atom is 0.143 e. The molecule has 152 valence electrons. The quantitative estimate of drug-likeness (QED) is 0.190. The molecule has 29 heavy (non-hydrogen) atoms. The summed E-state index contributed by atoms with van der Waals surface area (Å²) in [4.78, 5) is 0. The van der Waals surface area contributed by atoms with Crippen LogP contribution in [0.3, 0.4) is 0 Å². The van der Waals surface area contributed by atoms with Crippen molar-refractivity contribution in [2.45, 2.75) is 12.5 Å². The first-order valence-corrected chi connectivity index (χ1v) is 12.5. The van der Waals surface area contributed by atoms with Crippen molar-refractivity contribution in [3.8, 4) is 0 Å². The SMILES string of the molecule is CCOCCSSCCOC(c1ccccc1)(c1ccccc1)c1ccccc1. The molecule has 2 nitrogen and oxygen atoms in total. The molecule has 0 amide bonds. The maximum absolute atomic E-state index is 6.75. The lowest BCUT2D eigenvalue weighted by Gasteiger charge is -2.36. The molecule has 0 aliphatic carbocycles. The van der Waals surface area contributed by atoms with E-state index in [-0.39, 0.29) is 0 Å². The van der Waals surface area contributed by atoms with Crippen LogP contribution >= 0.6 is 21.6 Å². The van der Waals surface area contributed by atoms with Crippen LogP contribution in [0, 0.1) is 0 Å². The first-order chi connectivity index (χ1) is 14.4. The molecule has 0 N–H and O–H groups in total. The van der Waals surface area contributed by atoms with Gasteiger partial charge >= 0.3 is 0 Å². The van der Waals surface area contributed by atoms with E-state index in [4.69, 9.17) is 9.47 Å². The average molecular weight is 425 g/mol. The van der Waals surface area contributed by atoms with Crippen molar-refractivity contribution in [1.29, 1.82) is 0 Å². The molecule has 0 aromatic heterocycles. The topological polar surface area (TPSA) is 18.5 Å². The molecular formula is C25H28O2S2. The van der Waals surface area contributed by atoms with Gasteiger partial charge in [-0.05, 0) is 23.6 Å². The van der Waals surface area contributed by atoms with Crippen molar-refractivity contribution in [2.75, 3.05) is 31.3 Å². The Morgan fingerprint density at radius 3 is 1.45 bits per heavy atom. The van der Waals surface area contributed by atoms with Crippen LogP contribution in [0.4, 0.5) is 0 Å². The van der Waals surface area contributed by atoms with E-state index in [1.807, 2.05) is 28.5 Å². The number of ether oxygens (including phenoxy) is 2. The molecule has 3 rings (SSSR count). The standard InChI is InChI=1S/C25H28O2S2/c1-2-26-18-20-28-29-21-19-27-25(22-12-6-3-7-13-22,23-14-8-4-9-15-23)24-16-10-5-11-17-24/h3-17H,2,18-21H2,1H3. The highest BCUT2D eigenvalue weighted by atomic mass is 33.1. The second-order valence-corrected chi connectivity index (χ2v) is 9.17. The maximum atomic E-state index is 6.75. The molecule has 0 aliphatic rings. The number of hydrogen-bond donors (Lipinski definition) is 0. The summed E-state index contributed by atoms with van der Waals surface area (Å²) in [5.41, 5.74) is 2.81. The summed E-state index contributed by atoms with van der Waals surface area (Å²) in [6.45, 7) is 4.27. The number of benzene rings is 3. The third-order valence-electron chi connectivity index (χ3n) is 4.62. The van der Waals surface area contributed by atoms with Gasteiger partial charge in [-0.3, -0.25) is 0 Å². The minimum atomic E-state index is -0.625. The van der Waals surface area contributed by atoms with Crippen molar-refractivity contribution in [2.24, 2.45) is 0 Å². The van der Waals surface area contributed by atoms with Crippen LogP contribution in [0.2, 0.25) is 0 Å². The van der Waals surface area contributed by atoms with E-state index >= 15 is 0 Å². The summed E-state index contributed by atoms with van der Waals surface area (Å²) in [5.74, 6) is 1.92. The van der Waals surface area contributed by atoms with Crippen LogP contribution in [0.15, 0.2) is 91.0 Å². The van der Waals surface area contributed by atoms with Crippen molar-refractivity contribution >= 4 is 21.6 Å². The third kappa shape index (κ3) is 5.89. The Morgan fingerprint density at radius 1 is 0.621 bits per heavy atom. The lowest BCUT2D eigenvalue weighted by Crippen LogP contribution is -2.33. The van der Waals surface area contributed by atoms with Gasteiger partial charge in [-0.2, -0.15) is 0 Å². The van der Waals surface area contributed by atoms with Crippen LogP contribution < -0.4 is 0 Å². The van der Waals surface area contributed by atoms with E-state index in [2.05, 4.69) is 91.0 Å². The summed E-state index contributed by atoms with van der Waals surface area (Å²) in [7, 11) is 3.68. The van der Waals surface area contributed by atoms with E-state index in [9.17, 15) is 0 Å². The van der Waals surface area contributed by atoms with Crippen LogP contribution in [-0.4, -0.2) is 31.3 Å². The summed E-state index contributed by atoms with van der Waals surface area (Å²) in [5, 5.41) is 0. The Labute approximate surface area is 182 Å². The van der Waals surface area contributed by atoms with Crippen molar-refractivity contribution in [3.05, 3.63) is 108 Å². The van der Waals surface area contributed by atoms with Gasteiger partial charge in [-0.1, -0.05) is 113 Å². The highest BCUT2D eigenvalue weighted by molar-refractivity contribution is 8.76. The fourth-order valence-corrected chi connectivity index (χ4v) is 5.04. The van der Waals surface area contributed by atoms with Crippen LogP contribution in [-0.2, 0) is 15.1 Å². The molecule has 0 saturated carbocycles. The Hall–Kier alpha value is -1.72. The van der Waals surface area contributed by atoms with Gasteiger partial charge in [0.1, 0.15) is 5.60 Å². The average Bonchev–Trinajstić information content (AvgIpc) is 2.80. The van der Waals surface area contributed by atoms with Gasteiger partial charge in [-0.25, -0.2) is 0 Å². The van der Waals surface area contributed by atoms with Gasteiger partial charge in [0, 0.05) is 18.1 Å². The van der Waals surface area contributed by atoms with Gasteiger partial charge in [0.25, 0.3) is 0 Å². The summed E-state index contributed by atoms with van der Waals surface area (Å²) >= 11 is 0. The minimum absolute atomic E-state index is 0.625. The summed E-state index contributed by atoms with van der Waals surface area (Å²) in [6, 6.07) is 31.6. The predicted octanol–water partition coefficient (Wildman–Crippen LogP) is 6.41. The largest absolute Gasteiger partial charge is 0.381 e. The molecule has 4 heteroatoms. The third-order valence-corrected chi connectivity index (χ3v) is 6.96. The summed E-state index contributed by atoms with van der Waals surface area (Å²) < 4.78 is 12.2. The molecule has 3 aromatic rings. The zero-order valence-corrected chi connectivity index (χ0v) is 18.5. The number of rotatable bonds is 12. The lowest BCUT2D eigenvalue weighted by atomic mass is 9.80. The van der Waals surface area contributed by atoms with Gasteiger partial charge in [0.05, 0.1) is 13.2 Å². The monoisotopic (exact) mass is 424 g/mol. The van der Waals surface area contributed by atoms with Gasteiger partial charge in [-0.15, -0.1) is 0 Å². The fourth-order valence-electron chi connectivity index (χ4n) is 3.35. The Morgan fingerprint density at radius 2 is 1.03 bits per heavy atom. The van der Waals surface area contributed by atoms with Crippen molar-refractivity contribution < 1.29 is 9.47 Å². The minimum Gasteiger partial charge on any atom is -0.381 e. The molecule has 0 fully saturated rings. The Balaban J connectivity index is 1.83. The summed E-state index contributed by atoms with van der Waals surface area (Å²) in [6.07, 6.45) is 0. The van der Waals surface area contributed by atoms with E-state index in [0.717, 1.165) is 41.4 Å². The van der Waals surface area contributed by atoms with E-state index in [1.165, 1.54) is 0 Å². The molecule has 0 aliphatic heterocycles. The smallest absolute Gasteiger partial charge is 0.143 e. The van der Waals surface area contributed by atoms with Crippen molar-refractivity contribution in [3.63, 3.8) is 0 Å². The molecule has 0 bridgehead atoms. The van der Waals surface area contributed by atoms with Crippen molar-refractivity contribution in [1.82, 2.24) is 0 Å². The molecule has 0 unspecified atom stereocenters. The second kappa shape index (κ2) is 12.1. The van der Waals surface area contributed by atoms with Gasteiger partial charge in [0.2, 0.25) is 0 Å². The van der Waals surface area contributed by atoms with E-state index in [0.29, 0.717) is 6.61 Å². The zero-order chi connectivity index (χ0) is 20.2. The molecule has 0 spiro atoms. The molecule has 0 saturated heterocycles. The normalized spacial score (nSPS) is 11.5. The molecule has 3 aromatic carbocycles. The fraction of sp³-hybridized carbons (Fsp3) is 0.280. The Kier molecular flexibility index (Phi) is 9.16. The van der Waals surface area contributed by atoms with Gasteiger partial charge in [0.15, 0.2) is 0 Å². The first kappa shape index (κ1) is 22.0. The van der Waals surface area contributed by atoms with Crippen LogP contribution in [0.1, 0.15) is 23.6 Å². The van der Waals surface area contributed by atoms with Crippen LogP contribution in [0.5, 0.6) is 0 Å². The molecule has 0 atom stereocenters. The highest BCUT2D eigenvalue weighted by Gasteiger charge is 2.37. The second-order valence-electron chi connectivity index (χ2n) is 6.47. The molecule has 0 heterocycles. The van der Waals surface area contributed by atoms with Gasteiger partial charge < -0.3 is 9.47 Å². The van der Waals surface area contributed by atoms with E-state index < -0.39 is 5.60 Å². The predicted molar refractivity (Wildman–Crippen MR) is 127 cm³/mol. The Bertz CT molecular complexity index is 713. The zero-order valence-electron chi connectivity index (χ0n) is 16.8. The molecule has 0 radical (unpaired) electrons. The van der Waals surface area contributed by atoms with E-state index in [1.54, 1.807) is 0 Å². The highest BCUT2D eigenvalue weighted by Crippen LogP contribution is 2.40.